The van der Waals surface area contributed by atoms with E-state index in [0.29, 0.717) is 5.75 Å². The van der Waals surface area contributed by atoms with E-state index in [-0.39, 0.29) is 17.5 Å². The minimum Gasteiger partial charge on any atom is -0.454 e. The molecular formula is C14H13FN2O3. The molecule has 0 saturated heterocycles. The third kappa shape index (κ3) is 2.92. The Hall–Kier alpha value is -2.47. The zero-order chi connectivity index (χ0) is 14.7. The van der Waals surface area contributed by atoms with Crippen LogP contribution in [0.25, 0.3) is 0 Å². The summed E-state index contributed by atoms with van der Waals surface area (Å²) in [5.41, 5.74) is 6.21. The minimum absolute atomic E-state index is 0.0799. The van der Waals surface area contributed by atoms with E-state index in [9.17, 15) is 14.5 Å². The van der Waals surface area contributed by atoms with Crippen molar-refractivity contribution < 1.29 is 14.1 Å². The molecule has 2 rings (SSSR count). The molecule has 5 nitrogen and oxygen atoms in total. The lowest BCUT2D eigenvalue weighted by Gasteiger charge is -2.13. The highest BCUT2D eigenvalue weighted by molar-refractivity contribution is 5.43. The Balaban J connectivity index is 2.33. The van der Waals surface area contributed by atoms with Gasteiger partial charge in [0.2, 0.25) is 0 Å². The lowest BCUT2D eigenvalue weighted by atomic mass is 10.1. The summed E-state index contributed by atoms with van der Waals surface area (Å²) in [6, 6.07) is 9.96. The van der Waals surface area contributed by atoms with Gasteiger partial charge in [0.15, 0.2) is 11.6 Å². The molecule has 0 aromatic heterocycles. The van der Waals surface area contributed by atoms with E-state index in [4.69, 9.17) is 10.5 Å². The number of nitro groups is 1. The summed E-state index contributed by atoms with van der Waals surface area (Å²) in [6.07, 6.45) is 0. The summed E-state index contributed by atoms with van der Waals surface area (Å²) < 4.78 is 19.2. The topological polar surface area (TPSA) is 78.4 Å². The van der Waals surface area contributed by atoms with Crippen LogP contribution < -0.4 is 10.5 Å². The maximum Gasteiger partial charge on any atom is 0.272 e. The molecule has 0 aliphatic carbocycles. The number of ether oxygens (including phenoxy) is 1. The number of hydrogen-bond acceptors (Lipinski definition) is 4. The molecule has 0 amide bonds. The summed E-state index contributed by atoms with van der Waals surface area (Å²) in [6.45, 7) is 1.79. The number of non-ortho nitro benzene ring substituents is 1. The van der Waals surface area contributed by atoms with Crippen molar-refractivity contribution in [2.24, 2.45) is 5.73 Å². The van der Waals surface area contributed by atoms with Crippen LogP contribution in [0, 0.1) is 15.9 Å². The van der Waals surface area contributed by atoms with Crippen molar-refractivity contribution in [2.75, 3.05) is 0 Å². The molecule has 0 saturated carbocycles. The summed E-state index contributed by atoms with van der Waals surface area (Å²) >= 11 is 0. The Kier molecular flexibility index (Phi) is 3.95. The van der Waals surface area contributed by atoms with Gasteiger partial charge in [-0.3, -0.25) is 10.1 Å². The maximum absolute atomic E-state index is 13.8. The maximum atomic E-state index is 13.8. The van der Waals surface area contributed by atoms with Gasteiger partial charge in [-0.05, 0) is 19.1 Å². The fraction of sp³-hybridized carbons (Fsp3) is 0.143. The third-order valence-electron chi connectivity index (χ3n) is 2.76. The van der Waals surface area contributed by atoms with Gasteiger partial charge in [0, 0.05) is 17.7 Å². The first kappa shape index (κ1) is 14.0. The van der Waals surface area contributed by atoms with Gasteiger partial charge >= 0.3 is 0 Å². The molecule has 0 bridgehead atoms. The summed E-state index contributed by atoms with van der Waals surface area (Å²) in [5, 5.41) is 10.5. The highest BCUT2D eigenvalue weighted by Crippen LogP contribution is 2.31. The number of hydrogen-bond donors (Lipinski definition) is 1. The first-order valence-electron chi connectivity index (χ1n) is 5.95. The quantitative estimate of drug-likeness (QED) is 0.684. The Bertz CT molecular complexity index is 644. The van der Waals surface area contributed by atoms with Crippen molar-refractivity contribution in [3.8, 4) is 11.5 Å². The van der Waals surface area contributed by atoms with E-state index < -0.39 is 10.7 Å². The second-order valence-electron chi connectivity index (χ2n) is 4.30. The Morgan fingerprint density at radius 3 is 2.55 bits per heavy atom. The molecule has 0 heterocycles. The normalized spacial score (nSPS) is 11.9. The number of rotatable bonds is 4. The number of nitrogens with zero attached hydrogens (tertiary/aromatic N) is 1. The van der Waals surface area contributed by atoms with Crippen LogP contribution in [-0.4, -0.2) is 4.92 Å². The first-order chi connectivity index (χ1) is 9.49. The van der Waals surface area contributed by atoms with Gasteiger partial charge in [-0.25, -0.2) is 4.39 Å². The highest BCUT2D eigenvalue weighted by Gasteiger charge is 2.14. The van der Waals surface area contributed by atoms with E-state index in [2.05, 4.69) is 0 Å². The van der Waals surface area contributed by atoms with Crippen LogP contribution >= 0.6 is 0 Å². The Morgan fingerprint density at radius 2 is 1.95 bits per heavy atom. The standard InChI is InChI=1S/C14H13FN2O3/c1-9(16)11-4-2-3-5-13(11)20-14-7-6-10(17(18)19)8-12(14)15/h2-9H,16H2,1H3/t9-/m0/s1. The molecular weight excluding hydrogens is 263 g/mol. The fourth-order valence-electron chi connectivity index (χ4n) is 1.75. The van der Waals surface area contributed by atoms with E-state index >= 15 is 0 Å². The van der Waals surface area contributed by atoms with Crippen LogP contribution in [0.2, 0.25) is 0 Å². The zero-order valence-corrected chi connectivity index (χ0v) is 10.7. The van der Waals surface area contributed by atoms with Gasteiger partial charge in [0.1, 0.15) is 5.75 Å². The number of halogens is 1. The van der Waals surface area contributed by atoms with Crippen LogP contribution in [0.1, 0.15) is 18.5 Å². The van der Waals surface area contributed by atoms with Crippen LogP contribution in [0.3, 0.4) is 0 Å². The highest BCUT2D eigenvalue weighted by atomic mass is 19.1. The largest absolute Gasteiger partial charge is 0.454 e. The average Bonchev–Trinajstić information content (AvgIpc) is 2.41. The smallest absolute Gasteiger partial charge is 0.272 e. The second-order valence-corrected chi connectivity index (χ2v) is 4.30. The third-order valence-corrected chi connectivity index (χ3v) is 2.76. The predicted molar refractivity (Wildman–Crippen MR) is 72.2 cm³/mol. The monoisotopic (exact) mass is 276 g/mol. The van der Waals surface area contributed by atoms with Gasteiger partial charge in [-0.15, -0.1) is 0 Å². The molecule has 2 aromatic rings. The molecule has 6 heteroatoms. The number of nitrogens with two attached hydrogens (primary N) is 1. The van der Waals surface area contributed by atoms with Crippen LogP contribution in [0.4, 0.5) is 10.1 Å². The summed E-state index contributed by atoms with van der Waals surface area (Å²) in [7, 11) is 0. The van der Waals surface area contributed by atoms with E-state index in [1.165, 1.54) is 12.1 Å². The van der Waals surface area contributed by atoms with E-state index in [0.717, 1.165) is 11.6 Å². The van der Waals surface area contributed by atoms with Crippen LogP contribution in [0.5, 0.6) is 11.5 Å². The van der Waals surface area contributed by atoms with Crippen molar-refractivity contribution in [1.29, 1.82) is 0 Å². The second kappa shape index (κ2) is 5.66. The van der Waals surface area contributed by atoms with Crippen molar-refractivity contribution >= 4 is 5.69 Å². The summed E-state index contributed by atoms with van der Waals surface area (Å²) in [5.74, 6) is -0.447. The van der Waals surface area contributed by atoms with E-state index in [1.807, 2.05) is 0 Å². The molecule has 0 unspecified atom stereocenters. The van der Waals surface area contributed by atoms with Crippen molar-refractivity contribution in [1.82, 2.24) is 0 Å². The van der Waals surface area contributed by atoms with Crippen molar-refractivity contribution in [3.63, 3.8) is 0 Å². The predicted octanol–water partition coefficient (Wildman–Crippen LogP) is 3.55. The minimum atomic E-state index is -0.793. The lowest BCUT2D eigenvalue weighted by Crippen LogP contribution is -2.06. The molecule has 0 spiro atoms. The van der Waals surface area contributed by atoms with E-state index in [1.54, 1.807) is 31.2 Å². The number of nitro benzene ring substituents is 1. The lowest BCUT2D eigenvalue weighted by molar-refractivity contribution is -0.385. The number of para-hydroxylation sites is 1. The van der Waals surface area contributed by atoms with Crippen LogP contribution in [0.15, 0.2) is 42.5 Å². The zero-order valence-electron chi connectivity index (χ0n) is 10.7. The molecule has 2 N–H and O–H groups in total. The SMILES string of the molecule is C[C@H](N)c1ccccc1Oc1ccc([N+](=O)[O-])cc1F. The van der Waals surface area contributed by atoms with Crippen molar-refractivity contribution in [3.05, 3.63) is 64.0 Å². The average molecular weight is 276 g/mol. The van der Waals surface area contributed by atoms with Gasteiger partial charge in [-0.1, -0.05) is 18.2 Å². The van der Waals surface area contributed by atoms with Gasteiger partial charge in [0.05, 0.1) is 11.0 Å². The number of benzene rings is 2. The Morgan fingerprint density at radius 1 is 1.25 bits per heavy atom. The molecule has 0 aliphatic rings. The molecule has 0 radical (unpaired) electrons. The van der Waals surface area contributed by atoms with Crippen molar-refractivity contribution in [2.45, 2.75) is 13.0 Å². The first-order valence-corrected chi connectivity index (χ1v) is 5.95. The van der Waals surface area contributed by atoms with Gasteiger partial charge < -0.3 is 10.5 Å². The summed E-state index contributed by atoms with van der Waals surface area (Å²) in [4.78, 5) is 9.88. The van der Waals surface area contributed by atoms with Crippen LogP contribution in [-0.2, 0) is 0 Å². The fourth-order valence-corrected chi connectivity index (χ4v) is 1.75. The molecule has 1 atom stereocenters. The molecule has 104 valence electrons. The Labute approximate surface area is 114 Å². The molecule has 0 aliphatic heterocycles. The molecule has 20 heavy (non-hydrogen) atoms. The molecule has 0 fully saturated rings. The van der Waals surface area contributed by atoms with Gasteiger partial charge in [-0.2, -0.15) is 0 Å². The van der Waals surface area contributed by atoms with Gasteiger partial charge in [0.25, 0.3) is 5.69 Å². The molecule has 2 aromatic carbocycles.